The third-order valence-corrected chi connectivity index (χ3v) is 0.800. The zero-order valence-corrected chi connectivity index (χ0v) is 3.52. The maximum absolute atomic E-state index is 5.33. The smallest absolute Gasteiger partial charge is 0.203 e. The van der Waals surface area contributed by atoms with Crippen molar-refractivity contribution in [2.45, 2.75) is 0 Å². The van der Waals surface area contributed by atoms with Crippen LogP contribution in [0, 0.1) is 0 Å². The second kappa shape index (κ2) is 1.21. The lowest BCUT2D eigenvalue weighted by Crippen LogP contribution is -1.99. The summed E-state index contributed by atoms with van der Waals surface area (Å²) in [5.74, 6) is 2.04. The Bertz CT molecular complexity index is 104. The molecule has 0 aliphatic carbocycles. The third kappa shape index (κ3) is 0.457. The van der Waals surface area contributed by atoms with Crippen molar-refractivity contribution in [2.75, 3.05) is 0 Å². The molecule has 0 radical (unpaired) electrons. The summed E-state index contributed by atoms with van der Waals surface area (Å²) < 4.78 is 0. The monoisotopic (exact) mass is 79.1 g/mol. The van der Waals surface area contributed by atoms with E-state index in [1.807, 2.05) is 18.1 Å². The SMILES string of the molecule is NC1=CC=CB1. The van der Waals surface area contributed by atoms with E-state index in [4.69, 9.17) is 5.73 Å². The molecule has 6 heavy (non-hydrogen) atoms. The van der Waals surface area contributed by atoms with Crippen LogP contribution in [0.25, 0.3) is 0 Å². The highest BCUT2D eigenvalue weighted by molar-refractivity contribution is 6.52. The summed E-state index contributed by atoms with van der Waals surface area (Å²) in [6, 6.07) is 0. The van der Waals surface area contributed by atoms with Gasteiger partial charge in [-0.15, -0.1) is 5.98 Å². The van der Waals surface area contributed by atoms with Crippen molar-refractivity contribution in [3.8, 4) is 0 Å². The Hall–Kier alpha value is -0.655. The summed E-state index contributed by atoms with van der Waals surface area (Å²) in [6.45, 7) is 0. The van der Waals surface area contributed by atoms with Crippen LogP contribution >= 0.6 is 0 Å². The molecular weight excluding hydrogens is 72.9 g/mol. The zero-order valence-electron chi connectivity index (χ0n) is 3.52. The van der Waals surface area contributed by atoms with Crippen molar-refractivity contribution in [1.82, 2.24) is 0 Å². The first kappa shape index (κ1) is 3.53. The molecule has 2 heteroatoms. The van der Waals surface area contributed by atoms with Gasteiger partial charge in [0, 0.05) is 0 Å². The lowest BCUT2D eigenvalue weighted by Gasteiger charge is -1.78. The van der Waals surface area contributed by atoms with Gasteiger partial charge in [-0.1, -0.05) is 12.2 Å². The van der Waals surface area contributed by atoms with Crippen LogP contribution in [0.3, 0.4) is 0 Å². The minimum Gasteiger partial charge on any atom is -0.409 e. The Labute approximate surface area is 37.8 Å². The van der Waals surface area contributed by atoms with Crippen LogP contribution in [0.4, 0.5) is 0 Å². The van der Waals surface area contributed by atoms with Crippen LogP contribution in [0.2, 0.25) is 0 Å². The minimum atomic E-state index is 0.944. The third-order valence-electron chi connectivity index (χ3n) is 0.800. The average molecular weight is 78.9 g/mol. The zero-order chi connectivity index (χ0) is 4.41. The maximum Gasteiger partial charge on any atom is 0.203 e. The molecule has 1 nitrogen and oxygen atoms in total. The van der Waals surface area contributed by atoms with Gasteiger partial charge >= 0.3 is 0 Å². The van der Waals surface area contributed by atoms with Gasteiger partial charge in [-0.3, -0.25) is 0 Å². The Kier molecular flexibility index (Phi) is 0.711. The summed E-state index contributed by atoms with van der Waals surface area (Å²) >= 11 is 0. The fourth-order valence-electron chi connectivity index (χ4n) is 0.464. The van der Waals surface area contributed by atoms with Crippen molar-refractivity contribution in [3.63, 3.8) is 0 Å². The molecule has 0 aromatic carbocycles. The highest BCUT2D eigenvalue weighted by atomic mass is 14.5. The van der Waals surface area contributed by atoms with Gasteiger partial charge in [0.1, 0.15) is 0 Å². The van der Waals surface area contributed by atoms with Gasteiger partial charge in [0.05, 0.1) is 0 Å². The molecule has 1 rings (SSSR count). The average Bonchev–Trinajstić information content (AvgIpc) is 1.86. The Morgan fingerprint density at radius 2 is 2.50 bits per heavy atom. The van der Waals surface area contributed by atoms with Crippen molar-refractivity contribution < 1.29 is 0 Å². The highest BCUT2D eigenvalue weighted by Crippen LogP contribution is 1.90. The molecule has 2 N–H and O–H groups in total. The standard InChI is InChI=1S/C4H6BN/c6-4-2-1-3-5-4/h1-3,5H,6H2. The lowest BCUT2D eigenvalue weighted by molar-refractivity contribution is 1.54. The van der Waals surface area contributed by atoms with Gasteiger partial charge in [-0.25, -0.2) is 0 Å². The summed E-state index contributed by atoms with van der Waals surface area (Å²) in [6.07, 6.45) is 3.88. The van der Waals surface area contributed by atoms with Gasteiger partial charge in [0.2, 0.25) is 7.28 Å². The molecule has 0 unspecified atom stereocenters. The highest BCUT2D eigenvalue weighted by Gasteiger charge is 1.90. The van der Waals surface area contributed by atoms with E-state index in [2.05, 4.69) is 0 Å². The fraction of sp³-hybridized carbons (Fsp3) is 0. The molecular formula is C4H6BN. The molecule has 1 aliphatic heterocycles. The number of nitrogens with two attached hydrogens (primary N) is 1. The maximum atomic E-state index is 5.33. The van der Waals surface area contributed by atoms with Crippen LogP contribution in [0.15, 0.2) is 23.7 Å². The minimum absolute atomic E-state index is 0.944. The van der Waals surface area contributed by atoms with E-state index in [1.54, 1.807) is 0 Å². The van der Waals surface area contributed by atoms with Crippen molar-refractivity contribution in [3.05, 3.63) is 23.7 Å². The number of allylic oxidation sites excluding steroid dienone is 2. The van der Waals surface area contributed by atoms with Crippen LogP contribution in [-0.4, -0.2) is 7.28 Å². The van der Waals surface area contributed by atoms with Gasteiger partial charge in [0.15, 0.2) is 0 Å². The Morgan fingerprint density at radius 1 is 1.67 bits per heavy atom. The molecule has 0 fully saturated rings. The molecule has 0 amide bonds. The van der Waals surface area contributed by atoms with Crippen molar-refractivity contribution in [1.29, 1.82) is 0 Å². The molecule has 1 aliphatic rings. The van der Waals surface area contributed by atoms with Gasteiger partial charge < -0.3 is 5.73 Å². The Balaban J connectivity index is 2.61. The molecule has 30 valence electrons. The number of hydrogen-bond acceptors (Lipinski definition) is 1. The van der Waals surface area contributed by atoms with Crippen LogP contribution in [-0.2, 0) is 0 Å². The topological polar surface area (TPSA) is 26.0 Å². The molecule has 1 heterocycles. The molecule has 0 bridgehead atoms. The van der Waals surface area contributed by atoms with Crippen molar-refractivity contribution >= 4 is 7.28 Å². The summed E-state index contributed by atoms with van der Waals surface area (Å²) in [5.41, 5.74) is 6.30. The molecule has 0 spiro atoms. The second-order valence-corrected chi connectivity index (χ2v) is 1.37. The van der Waals surface area contributed by atoms with E-state index >= 15 is 0 Å². The first-order valence-corrected chi connectivity index (χ1v) is 2.01. The summed E-state index contributed by atoms with van der Waals surface area (Å²) in [7, 11) is 0.944. The van der Waals surface area contributed by atoms with Crippen LogP contribution in [0.1, 0.15) is 0 Å². The van der Waals surface area contributed by atoms with E-state index < -0.39 is 0 Å². The predicted octanol–water partition coefficient (Wildman–Crippen LogP) is -0.250. The van der Waals surface area contributed by atoms with Gasteiger partial charge in [-0.05, 0) is 5.60 Å². The normalized spacial score (nSPS) is 17.0. The van der Waals surface area contributed by atoms with E-state index in [-0.39, 0.29) is 0 Å². The van der Waals surface area contributed by atoms with E-state index in [0.29, 0.717) is 0 Å². The molecule has 0 atom stereocenters. The molecule has 0 aromatic rings. The van der Waals surface area contributed by atoms with Crippen LogP contribution < -0.4 is 5.73 Å². The van der Waals surface area contributed by atoms with Crippen molar-refractivity contribution in [2.24, 2.45) is 5.73 Å². The lowest BCUT2D eigenvalue weighted by atomic mass is 9.78. The van der Waals surface area contributed by atoms with Crippen LogP contribution in [0.5, 0.6) is 0 Å². The molecule has 0 aromatic heterocycles. The summed E-state index contributed by atoms with van der Waals surface area (Å²) in [4.78, 5) is 0. The largest absolute Gasteiger partial charge is 0.409 e. The van der Waals surface area contributed by atoms with E-state index in [1.165, 1.54) is 0 Å². The Morgan fingerprint density at radius 3 is 2.67 bits per heavy atom. The predicted molar refractivity (Wildman–Crippen MR) is 28.6 cm³/mol. The number of rotatable bonds is 0. The van der Waals surface area contributed by atoms with Gasteiger partial charge in [0.25, 0.3) is 0 Å². The van der Waals surface area contributed by atoms with E-state index in [9.17, 15) is 0 Å². The summed E-state index contributed by atoms with van der Waals surface area (Å²) in [5, 5.41) is 0. The fourth-order valence-corrected chi connectivity index (χ4v) is 0.464. The molecule has 0 saturated carbocycles. The number of hydrogen-bond donors (Lipinski definition) is 1. The molecule has 0 saturated heterocycles. The first-order chi connectivity index (χ1) is 2.89. The van der Waals surface area contributed by atoms with E-state index in [0.717, 1.165) is 12.9 Å². The van der Waals surface area contributed by atoms with Gasteiger partial charge in [-0.2, -0.15) is 0 Å². The first-order valence-electron chi connectivity index (χ1n) is 2.01. The second-order valence-electron chi connectivity index (χ2n) is 1.37. The quantitative estimate of drug-likeness (QED) is 0.398.